The highest BCUT2D eigenvalue weighted by atomic mass is 16.3. The van der Waals surface area contributed by atoms with Crippen molar-refractivity contribution in [3.63, 3.8) is 0 Å². The fourth-order valence-corrected chi connectivity index (χ4v) is 5.53. The molecular formula is C33H28N6O2. The molecule has 0 radical (unpaired) electrons. The van der Waals surface area contributed by atoms with E-state index < -0.39 is 0 Å². The van der Waals surface area contributed by atoms with Crippen LogP contribution < -0.4 is 4.90 Å². The van der Waals surface area contributed by atoms with Crippen LogP contribution in [0.5, 0.6) is 5.75 Å². The van der Waals surface area contributed by atoms with Gasteiger partial charge in [0.1, 0.15) is 12.1 Å². The first-order chi connectivity index (χ1) is 20.1. The van der Waals surface area contributed by atoms with Gasteiger partial charge in [-0.2, -0.15) is 0 Å². The molecule has 1 aliphatic rings. The lowest BCUT2D eigenvalue weighted by molar-refractivity contribution is 0.112. The minimum atomic E-state index is 0.0298. The molecule has 4 aromatic carbocycles. The molecule has 6 aromatic rings. The smallest absolute Gasteiger partial charge is 0.153 e. The Kier molecular flexibility index (Phi) is 6.37. The lowest BCUT2D eigenvalue weighted by Gasteiger charge is -2.36. The number of aromatic amines is 1. The molecule has 1 fully saturated rings. The Morgan fingerprint density at radius 1 is 0.805 bits per heavy atom. The SMILES string of the molecule is O=Cc1ccc(N2CCN(Cc3ccc(-c4[nH]c5cc6ncnc6cc5nc4-c4ccccc4)cc3)CC2)cc1O. The molecular weight excluding hydrogens is 512 g/mol. The van der Waals surface area contributed by atoms with Crippen LogP contribution in [0.4, 0.5) is 5.69 Å². The summed E-state index contributed by atoms with van der Waals surface area (Å²) >= 11 is 0. The Bertz CT molecular complexity index is 1860. The number of carbonyl (C=O) groups excluding carboxylic acids is 1. The Morgan fingerprint density at radius 3 is 2.29 bits per heavy atom. The van der Waals surface area contributed by atoms with Crippen molar-refractivity contribution in [2.45, 2.75) is 6.54 Å². The van der Waals surface area contributed by atoms with Gasteiger partial charge in [0.05, 0.1) is 39.0 Å². The van der Waals surface area contributed by atoms with Crippen molar-refractivity contribution >= 4 is 34.0 Å². The maximum atomic E-state index is 11.0. The molecule has 2 aromatic heterocycles. The van der Waals surface area contributed by atoms with E-state index in [9.17, 15) is 9.90 Å². The maximum absolute atomic E-state index is 11.0. The van der Waals surface area contributed by atoms with Crippen LogP contribution in [0, 0.1) is 0 Å². The highest BCUT2D eigenvalue weighted by Crippen LogP contribution is 2.32. The number of aromatic nitrogens is 4. The number of H-pyrrole nitrogens is 1. The number of imidazole rings is 1. The quantitative estimate of drug-likeness (QED) is 0.262. The van der Waals surface area contributed by atoms with Crippen molar-refractivity contribution in [2.75, 3.05) is 31.1 Å². The standard InChI is InChI=1S/C33H28N6O2/c40-20-25-10-11-26(16-31(25)41)39-14-12-38(13-15-39)19-22-6-8-24(9-7-22)33-32(23-4-2-1-3-5-23)36-29-17-27-28(35-21-34-27)18-30(29)37-33/h1-11,16-18,20-21,37,41H,12-15,19H2. The van der Waals surface area contributed by atoms with Crippen molar-refractivity contribution in [2.24, 2.45) is 0 Å². The Hall–Kier alpha value is -5.08. The van der Waals surface area contributed by atoms with Crippen LogP contribution in [0.2, 0.25) is 0 Å². The number of carbonyl (C=O) groups is 1. The summed E-state index contributed by atoms with van der Waals surface area (Å²) in [6.07, 6.45) is 2.26. The molecule has 0 amide bonds. The predicted octanol–water partition coefficient (Wildman–Crippen LogP) is 5.68. The lowest BCUT2D eigenvalue weighted by Crippen LogP contribution is -2.45. The first-order valence-corrected chi connectivity index (χ1v) is 13.7. The molecule has 2 N–H and O–H groups in total. The van der Waals surface area contributed by atoms with E-state index >= 15 is 0 Å². The number of nitrogens with one attached hydrogen (secondary N) is 1. The monoisotopic (exact) mass is 540 g/mol. The lowest BCUT2D eigenvalue weighted by atomic mass is 10.0. The van der Waals surface area contributed by atoms with Crippen molar-refractivity contribution in [1.82, 2.24) is 24.8 Å². The van der Waals surface area contributed by atoms with Gasteiger partial charge in [-0.05, 0) is 29.8 Å². The van der Waals surface area contributed by atoms with Crippen LogP contribution in [-0.4, -0.2) is 62.4 Å². The summed E-state index contributed by atoms with van der Waals surface area (Å²) in [6.45, 7) is 4.41. The molecule has 1 saturated heterocycles. The number of aldehydes is 1. The van der Waals surface area contributed by atoms with E-state index in [-0.39, 0.29) is 5.75 Å². The molecule has 8 heteroatoms. The van der Waals surface area contributed by atoms with Crippen LogP contribution in [0.15, 0.2) is 91.3 Å². The summed E-state index contributed by atoms with van der Waals surface area (Å²) in [7, 11) is 0. The number of piperazine rings is 1. The van der Waals surface area contributed by atoms with Gasteiger partial charge in [-0.1, -0.05) is 54.6 Å². The minimum absolute atomic E-state index is 0.0298. The van der Waals surface area contributed by atoms with Gasteiger partial charge in [0.2, 0.25) is 0 Å². The van der Waals surface area contributed by atoms with E-state index in [0.29, 0.717) is 11.8 Å². The summed E-state index contributed by atoms with van der Waals surface area (Å²) in [5.74, 6) is 0.0298. The Balaban J connectivity index is 1.11. The van der Waals surface area contributed by atoms with E-state index in [1.54, 1.807) is 18.5 Å². The highest BCUT2D eigenvalue weighted by Gasteiger charge is 2.19. The molecule has 0 bridgehead atoms. The van der Waals surface area contributed by atoms with Gasteiger partial charge in [-0.25, -0.2) is 15.0 Å². The van der Waals surface area contributed by atoms with E-state index in [1.807, 2.05) is 36.4 Å². The number of phenols is 1. The Labute approximate surface area is 236 Å². The molecule has 0 saturated carbocycles. The van der Waals surface area contributed by atoms with Crippen molar-refractivity contribution in [1.29, 1.82) is 0 Å². The Morgan fingerprint density at radius 2 is 1.56 bits per heavy atom. The summed E-state index contributed by atoms with van der Waals surface area (Å²) in [5.41, 5.74) is 9.94. The van der Waals surface area contributed by atoms with Gasteiger partial charge in [-0.15, -0.1) is 0 Å². The van der Waals surface area contributed by atoms with Gasteiger partial charge >= 0.3 is 0 Å². The molecule has 41 heavy (non-hydrogen) atoms. The van der Waals surface area contributed by atoms with E-state index in [2.05, 4.69) is 61.1 Å². The number of benzene rings is 4. The topological polar surface area (TPSA) is 98.2 Å². The van der Waals surface area contributed by atoms with E-state index in [1.165, 1.54) is 5.56 Å². The summed E-state index contributed by atoms with van der Waals surface area (Å²) in [6, 6.07) is 28.2. The number of anilines is 1. The second-order valence-electron chi connectivity index (χ2n) is 10.4. The molecule has 7 rings (SSSR count). The van der Waals surface area contributed by atoms with Crippen LogP contribution in [0.3, 0.4) is 0 Å². The van der Waals surface area contributed by atoms with Crippen molar-refractivity contribution in [3.05, 3.63) is 102 Å². The number of hydrogen-bond acceptors (Lipinski definition) is 7. The van der Waals surface area contributed by atoms with Gasteiger partial charge in [0.15, 0.2) is 6.29 Å². The molecule has 0 spiro atoms. The second-order valence-corrected chi connectivity index (χ2v) is 10.4. The van der Waals surface area contributed by atoms with Crippen molar-refractivity contribution in [3.8, 4) is 28.3 Å². The second kappa shape index (κ2) is 10.5. The molecule has 0 unspecified atom stereocenters. The van der Waals surface area contributed by atoms with Gasteiger partial charge in [0.25, 0.3) is 0 Å². The normalized spacial score (nSPS) is 14.1. The number of rotatable bonds is 6. The molecule has 0 aliphatic carbocycles. The molecule has 202 valence electrons. The van der Waals surface area contributed by atoms with Gasteiger partial charge in [0, 0.05) is 55.6 Å². The van der Waals surface area contributed by atoms with Gasteiger partial charge < -0.3 is 15.0 Å². The third-order valence-corrected chi connectivity index (χ3v) is 7.79. The average Bonchev–Trinajstić information content (AvgIpc) is 3.48. The molecule has 3 heterocycles. The number of hydrogen-bond donors (Lipinski definition) is 2. The van der Waals surface area contributed by atoms with Crippen LogP contribution in [0.1, 0.15) is 15.9 Å². The van der Waals surface area contributed by atoms with Crippen LogP contribution in [0.25, 0.3) is 44.6 Å². The first kappa shape index (κ1) is 24.9. The number of fused-ring (bicyclic) bond motifs is 2. The maximum Gasteiger partial charge on any atom is 0.153 e. The highest BCUT2D eigenvalue weighted by molar-refractivity contribution is 5.94. The fourth-order valence-electron chi connectivity index (χ4n) is 5.53. The third-order valence-electron chi connectivity index (χ3n) is 7.79. The van der Waals surface area contributed by atoms with Crippen LogP contribution in [-0.2, 0) is 6.54 Å². The van der Waals surface area contributed by atoms with Gasteiger partial charge in [-0.3, -0.25) is 9.69 Å². The third kappa shape index (κ3) is 4.90. The summed E-state index contributed by atoms with van der Waals surface area (Å²) in [4.78, 5) is 33.1. The summed E-state index contributed by atoms with van der Waals surface area (Å²) < 4.78 is 0. The zero-order chi connectivity index (χ0) is 27.8. The zero-order valence-electron chi connectivity index (χ0n) is 22.4. The fraction of sp³-hybridized carbons (Fsp3) is 0.152. The largest absolute Gasteiger partial charge is 0.507 e. The number of aromatic hydroxyl groups is 1. The minimum Gasteiger partial charge on any atom is -0.507 e. The predicted molar refractivity (Wildman–Crippen MR) is 161 cm³/mol. The molecule has 1 aliphatic heterocycles. The first-order valence-electron chi connectivity index (χ1n) is 13.7. The van der Waals surface area contributed by atoms with Crippen molar-refractivity contribution < 1.29 is 9.90 Å². The van der Waals surface area contributed by atoms with Crippen LogP contribution >= 0.6 is 0 Å². The van der Waals surface area contributed by atoms with E-state index in [4.69, 9.17) is 4.98 Å². The summed E-state index contributed by atoms with van der Waals surface area (Å²) in [5, 5.41) is 10.1. The zero-order valence-corrected chi connectivity index (χ0v) is 22.4. The number of nitrogens with zero attached hydrogens (tertiary/aromatic N) is 5. The van der Waals surface area contributed by atoms with E-state index in [0.717, 1.165) is 83.0 Å². The average molecular weight is 541 g/mol. The molecule has 0 atom stereocenters. The number of phenolic OH excluding ortho intramolecular Hbond substituents is 1. The molecule has 8 nitrogen and oxygen atoms in total.